The Morgan fingerprint density at radius 2 is 1.68 bits per heavy atom. The molecule has 140 valence electrons. The van der Waals surface area contributed by atoms with Crippen molar-refractivity contribution in [3.05, 3.63) is 57.6 Å². The van der Waals surface area contributed by atoms with Crippen molar-refractivity contribution in [2.45, 2.75) is 59.3 Å². The number of anilines is 1. The number of rotatable bonds is 4. The van der Waals surface area contributed by atoms with Crippen LogP contribution in [0, 0.1) is 13.8 Å². The first-order valence-electron chi connectivity index (χ1n) is 8.81. The molecule has 1 nitrogen and oxygen atoms in total. The van der Waals surface area contributed by atoms with Crippen molar-refractivity contribution in [1.29, 1.82) is 0 Å². The van der Waals surface area contributed by atoms with Gasteiger partial charge in [0.05, 0.1) is 12.1 Å². The molecule has 0 heterocycles. The normalized spacial score (nSPS) is 9.48. The summed E-state index contributed by atoms with van der Waals surface area (Å²) in [6.45, 7) is 12.3. The molecule has 2 rings (SSSR count). The highest BCUT2D eigenvalue weighted by Gasteiger charge is 2.10. The Kier molecular flexibility index (Phi) is 12.5. The molecule has 0 aliphatic rings. The summed E-state index contributed by atoms with van der Waals surface area (Å²) < 4.78 is 12.9. The highest BCUT2D eigenvalue weighted by Crippen LogP contribution is 2.30. The van der Waals surface area contributed by atoms with Gasteiger partial charge in [0.1, 0.15) is 0 Å². The molecule has 0 atom stereocenters. The maximum atomic E-state index is 12.9. The number of aryl methyl sites for hydroxylation is 1. The molecule has 0 radical (unpaired) electrons. The maximum Gasteiger partial charge on any atom is 0.0815 e. The molecular weight excluding hydrogens is 353 g/mol. The molecule has 2 aromatic rings. The lowest BCUT2D eigenvalue weighted by Crippen LogP contribution is -1.98. The number of nitrogens with one attached hydrogen (secondary N) is 1. The van der Waals surface area contributed by atoms with E-state index in [2.05, 4.69) is 32.2 Å². The molecule has 4 heteroatoms. The van der Waals surface area contributed by atoms with Crippen molar-refractivity contribution in [2.75, 3.05) is 12.4 Å². The molecule has 25 heavy (non-hydrogen) atoms. The van der Waals surface area contributed by atoms with Crippen LogP contribution < -0.4 is 5.32 Å². The third kappa shape index (κ3) is 7.70. The van der Waals surface area contributed by atoms with Crippen molar-refractivity contribution < 1.29 is 3.89 Å². The van der Waals surface area contributed by atoms with Gasteiger partial charge in [-0.3, -0.25) is 0 Å². The van der Waals surface area contributed by atoms with Gasteiger partial charge in [0.2, 0.25) is 0 Å². The second kappa shape index (κ2) is 13.1. The van der Waals surface area contributed by atoms with E-state index in [1.807, 2.05) is 52.1 Å². The molecule has 2 aromatic carbocycles. The molecule has 0 saturated heterocycles. The van der Waals surface area contributed by atoms with Gasteiger partial charge in [-0.25, -0.2) is 0 Å². The third-order valence-electron chi connectivity index (χ3n) is 3.49. The van der Waals surface area contributed by atoms with Crippen LogP contribution in [0.5, 0.6) is 0 Å². The Morgan fingerprint density at radius 1 is 1.08 bits per heavy atom. The van der Waals surface area contributed by atoms with Gasteiger partial charge in [-0.1, -0.05) is 51.8 Å². The van der Waals surface area contributed by atoms with Crippen molar-refractivity contribution in [3.8, 4) is 0 Å². The highest BCUT2D eigenvalue weighted by molar-refractivity contribution is 7.94. The Balaban J connectivity index is 0.00000104. The molecular formula is C21H31ClFNS. The zero-order chi connectivity index (χ0) is 19.4. The maximum absolute atomic E-state index is 12.9. The fourth-order valence-corrected chi connectivity index (χ4v) is 2.94. The minimum absolute atomic E-state index is 0.301. The average molecular weight is 384 g/mol. The van der Waals surface area contributed by atoms with Crippen molar-refractivity contribution >= 4 is 29.4 Å². The van der Waals surface area contributed by atoms with E-state index in [-0.39, 0.29) is 0 Å². The van der Waals surface area contributed by atoms with Crippen molar-refractivity contribution in [2.24, 2.45) is 0 Å². The summed E-state index contributed by atoms with van der Waals surface area (Å²) in [6, 6.07) is 9.71. The third-order valence-corrected chi connectivity index (χ3v) is 4.32. The lowest BCUT2D eigenvalue weighted by molar-refractivity contribution is 0.928. The summed E-state index contributed by atoms with van der Waals surface area (Å²) in [6.07, 6.45) is 2.00. The van der Waals surface area contributed by atoms with Gasteiger partial charge in [0.15, 0.2) is 0 Å². The van der Waals surface area contributed by atoms with Crippen LogP contribution in [0.25, 0.3) is 0 Å². The molecule has 0 fully saturated rings. The quantitative estimate of drug-likeness (QED) is 0.573. The van der Waals surface area contributed by atoms with Crippen LogP contribution in [0.2, 0.25) is 5.02 Å². The van der Waals surface area contributed by atoms with Gasteiger partial charge < -0.3 is 5.32 Å². The summed E-state index contributed by atoms with van der Waals surface area (Å²) in [5.41, 5.74) is 5.44. The number of hydrogen-bond donors (Lipinski definition) is 1. The van der Waals surface area contributed by atoms with E-state index in [1.165, 1.54) is 12.0 Å². The molecule has 0 spiro atoms. The second-order valence-electron chi connectivity index (χ2n) is 5.54. The van der Waals surface area contributed by atoms with Crippen LogP contribution in [0.15, 0.2) is 35.2 Å². The van der Waals surface area contributed by atoms with E-state index in [0.717, 1.165) is 28.8 Å². The molecule has 0 unspecified atom stereocenters. The van der Waals surface area contributed by atoms with E-state index >= 15 is 0 Å². The molecule has 0 amide bonds. The van der Waals surface area contributed by atoms with Gasteiger partial charge >= 0.3 is 0 Å². The fraction of sp³-hybridized carbons (Fsp3) is 0.429. The van der Waals surface area contributed by atoms with Gasteiger partial charge in [0, 0.05) is 22.7 Å². The zero-order valence-electron chi connectivity index (χ0n) is 16.5. The monoisotopic (exact) mass is 383 g/mol. The summed E-state index contributed by atoms with van der Waals surface area (Å²) in [4.78, 5) is 0.682. The fourth-order valence-electron chi connectivity index (χ4n) is 2.33. The van der Waals surface area contributed by atoms with Crippen molar-refractivity contribution in [3.63, 3.8) is 0 Å². The molecule has 0 aliphatic carbocycles. The van der Waals surface area contributed by atoms with Crippen LogP contribution in [0.4, 0.5) is 9.57 Å². The number of hydrogen-bond acceptors (Lipinski definition) is 2. The lowest BCUT2D eigenvalue weighted by Gasteiger charge is -2.13. The summed E-state index contributed by atoms with van der Waals surface area (Å²) in [5.74, 6) is 0. The first-order valence-corrected chi connectivity index (χ1v) is 9.91. The van der Waals surface area contributed by atoms with E-state index in [0.29, 0.717) is 22.1 Å². The second-order valence-corrected chi connectivity index (χ2v) is 6.57. The number of halogens is 2. The van der Waals surface area contributed by atoms with E-state index in [9.17, 15) is 3.89 Å². The molecule has 0 saturated carbocycles. The van der Waals surface area contributed by atoms with Gasteiger partial charge in [0.25, 0.3) is 0 Å². The predicted molar refractivity (Wildman–Crippen MR) is 114 cm³/mol. The molecule has 0 aliphatic heterocycles. The SMILES string of the molecule is CC.CCC.CNc1cc(Cl)cc(Cc2c(C)ccc(SF)c2C)c1. The zero-order valence-corrected chi connectivity index (χ0v) is 18.0. The van der Waals surface area contributed by atoms with Gasteiger partial charge in [-0.2, -0.15) is 3.89 Å². The van der Waals surface area contributed by atoms with Crippen LogP contribution in [-0.4, -0.2) is 7.05 Å². The molecule has 0 aromatic heterocycles. The van der Waals surface area contributed by atoms with Crippen LogP contribution >= 0.6 is 23.7 Å². The number of benzene rings is 2. The Morgan fingerprint density at radius 3 is 2.20 bits per heavy atom. The topological polar surface area (TPSA) is 12.0 Å². The highest BCUT2D eigenvalue weighted by atomic mass is 35.5. The summed E-state index contributed by atoms with van der Waals surface area (Å²) in [5, 5.41) is 3.80. The average Bonchev–Trinajstić information content (AvgIpc) is 2.60. The van der Waals surface area contributed by atoms with E-state index in [1.54, 1.807) is 0 Å². The first kappa shape index (κ1) is 23.8. The summed E-state index contributed by atoms with van der Waals surface area (Å²) in [7, 11) is 1.87. The standard InChI is InChI=1S/C16H17ClFNS.C3H8.C2H6/c1-10-4-5-16(20-18)11(2)15(10)8-12-6-13(17)9-14(7-12)19-3;1-3-2;1-2/h4-7,9,19H,8H2,1-3H3;3H2,1-2H3;1-2H3. The lowest BCUT2D eigenvalue weighted by atomic mass is 9.96. The Labute approximate surface area is 162 Å². The minimum Gasteiger partial charge on any atom is -0.388 e. The first-order chi connectivity index (χ1) is 12.0. The summed E-state index contributed by atoms with van der Waals surface area (Å²) >= 11 is 6.43. The largest absolute Gasteiger partial charge is 0.388 e. The van der Waals surface area contributed by atoms with Crippen LogP contribution in [-0.2, 0) is 6.42 Å². The Hall–Kier alpha value is -1.19. The van der Waals surface area contributed by atoms with E-state index < -0.39 is 0 Å². The Bertz CT molecular complexity index is 644. The van der Waals surface area contributed by atoms with E-state index in [4.69, 9.17) is 11.6 Å². The molecule has 1 N–H and O–H groups in total. The van der Waals surface area contributed by atoms with Gasteiger partial charge in [-0.15, -0.1) is 0 Å². The predicted octanol–water partition coefficient (Wildman–Crippen LogP) is 8.01. The van der Waals surface area contributed by atoms with Crippen LogP contribution in [0.3, 0.4) is 0 Å². The van der Waals surface area contributed by atoms with Crippen molar-refractivity contribution in [1.82, 2.24) is 0 Å². The van der Waals surface area contributed by atoms with Crippen LogP contribution in [0.1, 0.15) is 56.4 Å². The van der Waals surface area contributed by atoms with Gasteiger partial charge in [-0.05, 0) is 66.8 Å². The molecule has 0 bridgehead atoms. The minimum atomic E-state index is 0.301. The smallest absolute Gasteiger partial charge is 0.0815 e.